The molecule has 0 aromatic heterocycles. The zero-order valence-electron chi connectivity index (χ0n) is 15.2. The van der Waals surface area contributed by atoms with E-state index in [0.29, 0.717) is 21.6 Å². The van der Waals surface area contributed by atoms with E-state index in [2.05, 4.69) is 10.6 Å². The number of hydrogen-bond acceptors (Lipinski definition) is 5. The number of hydrogen-bond donors (Lipinski definition) is 2. The predicted molar refractivity (Wildman–Crippen MR) is 122 cm³/mol. The number of methoxy groups -OCH3 is 1. The molecule has 0 fully saturated rings. The number of nitro groups is 1. The molecule has 0 saturated carbocycles. The number of nitro benzene ring substituents is 1. The number of nitrogens with one attached hydrogen (secondary N) is 2. The standard InChI is InChI=1S/C20H16ClN3O3S2/c1-27-18-12-14(24(25)26)8-11-16(18)22-20(28)23-17-4-2-3-5-19(17)29-15-9-6-13(21)7-10-15/h2-12H,1H3,(H2,22,23,28). The lowest BCUT2D eigenvalue weighted by atomic mass is 10.2. The molecule has 0 aliphatic rings. The molecule has 0 amide bonds. The molecule has 0 aliphatic carbocycles. The van der Waals surface area contributed by atoms with Gasteiger partial charge in [-0.3, -0.25) is 10.1 Å². The molecule has 0 radical (unpaired) electrons. The van der Waals surface area contributed by atoms with Crippen LogP contribution in [0.4, 0.5) is 17.1 Å². The van der Waals surface area contributed by atoms with E-state index in [4.69, 9.17) is 28.6 Å². The van der Waals surface area contributed by atoms with Crippen molar-refractivity contribution < 1.29 is 9.66 Å². The van der Waals surface area contributed by atoms with Crippen molar-refractivity contribution in [2.75, 3.05) is 17.7 Å². The van der Waals surface area contributed by atoms with Crippen LogP contribution in [0, 0.1) is 10.1 Å². The Morgan fingerprint density at radius 1 is 1.07 bits per heavy atom. The quantitative estimate of drug-likeness (QED) is 0.265. The first kappa shape index (κ1) is 20.9. The fraction of sp³-hybridized carbons (Fsp3) is 0.0500. The molecule has 0 heterocycles. The normalized spacial score (nSPS) is 10.3. The van der Waals surface area contributed by atoms with Gasteiger partial charge in [-0.2, -0.15) is 0 Å². The summed E-state index contributed by atoms with van der Waals surface area (Å²) in [6.45, 7) is 0. The molecule has 0 bridgehead atoms. The zero-order chi connectivity index (χ0) is 20.8. The van der Waals surface area contributed by atoms with Crippen molar-refractivity contribution >= 4 is 57.8 Å². The van der Waals surface area contributed by atoms with E-state index < -0.39 is 4.92 Å². The second-order valence-corrected chi connectivity index (χ2v) is 7.73. The van der Waals surface area contributed by atoms with Crippen LogP contribution in [-0.4, -0.2) is 17.1 Å². The monoisotopic (exact) mass is 445 g/mol. The number of benzene rings is 3. The van der Waals surface area contributed by atoms with Crippen LogP contribution in [0.25, 0.3) is 0 Å². The third-order valence-electron chi connectivity index (χ3n) is 3.82. The summed E-state index contributed by atoms with van der Waals surface area (Å²) in [6.07, 6.45) is 0. The maximum Gasteiger partial charge on any atom is 0.273 e. The molecule has 0 atom stereocenters. The maximum atomic E-state index is 10.9. The van der Waals surface area contributed by atoms with Gasteiger partial charge in [-0.05, 0) is 54.7 Å². The molecular formula is C20H16ClN3O3S2. The summed E-state index contributed by atoms with van der Waals surface area (Å²) in [7, 11) is 1.44. The summed E-state index contributed by atoms with van der Waals surface area (Å²) >= 11 is 12.9. The average molecular weight is 446 g/mol. The van der Waals surface area contributed by atoms with Gasteiger partial charge in [-0.15, -0.1) is 0 Å². The van der Waals surface area contributed by atoms with Gasteiger partial charge in [0.2, 0.25) is 0 Å². The zero-order valence-corrected chi connectivity index (χ0v) is 17.6. The summed E-state index contributed by atoms with van der Waals surface area (Å²) in [5, 5.41) is 18.1. The van der Waals surface area contributed by atoms with Gasteiger partial charge in [0, 0.05) is 20.9 Å². The largest absolute Gasteiger partial charge is 0.494 e. The lowest BCUT2D eigenvalue weighted by molar-refractivity contribution is -0.384. The number of non-ortho nitro benzene ring substituents is 1. The molecule has 148 valence electrons. The Morgan fingerprint density at radius 2 is 1.76 bits per heavy atom. The molecule has 0 spiro atoms. The third-order valence-corrected chi connectivity index (χ3v) is 5.36. The van der Waals surface area contributed by atoms with Gasteiger partial charge in [0.1, 0.15) is 5.75 Å². The predicted octanol–water partition coefficient (Wildman–Crippen LogP) is 6.22. The second kappa shape index (κ2) is 9.60. The molecule has 6 nitrogen and oxygen atoms in total. The van der Waals surface area contributed by atoms with Crippen molar-refractivity contribution in [3.63, 3.8) is 0 Å². The number of halogens is 1. The maximum absolute atomic E-state index is 10.9. The fourth-order valence-corrected chi connectivity index (χ4v) is 3.71. The van der Waals surface area contributed by atoms with Gasteiger partial charge in [-0.1, -0.05) is 35.5 Å². The van der Waals surface area contributed by atoms with E-state index in [9.17, 15) is 10.1 Å². The number of anilines is 2. The van der Waals surface area contributed by atoms with Crippen LogP contribution < -0.4 is 15.4 Å². The average Bonchev–Trinajstić information content (AvgIpc) is 2.71. The molecule has 3 aromatic carbocycles. The minimum Gasteiger partial charge on any atom is -0.494 e. The van der Waals surface area contributed by atoms with Gasteiger partial charge >= 0.3 is 0 Å². The van der Waals surface area contributed by atoms with E-state index in [0.717, 1.165) is 15.5 Å². The van der Waals surface area contributed by atoms with Crippen LogP contribution >= 0.6 is 35.6 Å². The Labute approximate surface area is 182 Å². The van der Waals surface area contributed by atoms with Crippen LogP contribution in [0.1, 0.15) is 0 Å². The van der Waals surface area contributed by atoms with E-state index in [1.807, 2.05) is 48.5 Å². The van der Waals surface area contributed by atoms with Gasteiger partial charge in [0.15, 0.2) is 5.11 Å². The van der Waals surface area contributed by atoms with Crippen LogP contribution in [-0.2, 0) is 0 Å². The number of para-hydroxylation sites is 1. The molecule has 0 saturated heterocycles. The van der Waals surface area contributed by atoms with E-state index in [1.165, 1.54) is 19.2 Å². The van der Waals surface area contributed by atoms with Crippen LogP contribution in [0.15, 0.2) is 76.5 Å². The van der Waals surface area contributed by atoms with Crippen LogP contribution in [0.3, 0.4) is 0 Å². The summed E-state index contributed by atoms with van der Waals surface area (Å²) < 4.78 is 5.23. The first-order chi connectivity index (χ1) is 14.0. The number of rotatable bonds is 6. The second-order valence-electron chi connectivity index (χ2n) is 5.77. The molecule has 2 N–H and O–H groups in total. The molecule has 0 aliphatic heterocycles. The highest BCUT2D eigenvalue weighted by Gasteiger charge is 2.13. The summed E-state index contributed by atoms with van der Waals surface area (Å²) in [6, 6.07) is 19.6. The topological polar surface area (TPSA) is 76.4 Å². The van der Waals surface area contributed by atoms with Crippen molar-refractivity contribution in [2.24, 2.45) is 0 Å². The molecule has 3 aromatic rings. The first-order valence-electron chi connectivity index (χ1n) is 8.39. The molecular weight excluding hydrogens is 430 g/mol. The van der Waals surface area contributed by atoms with Crippen LogP contribution in [0.2, 0.25) is 5.02 Å². The first-order valence-corrected chi connectivity index (χ1v) is 9.99. The lowest BCUT2D eigenvalue weighted by Gasteiger charge is -2.15. The Hall–Kier alpha value is -2.81. The van der Waals surface area contributed by atoms with Crippen molar-refractivity contribution in [3.05, 3.63) is 81.9 Å². The minimum absolute atomic E-state index is 0.0593. The highest BCUT2D eigenvalue weighted by molar-refractivity contribution is 7.99. The summed E-state index contributed by atoms with van der Waals surface area (Å²) in [5.74, 6) is 0.326. The Morgan fingerprint density at radius 3 is 2.45 bits per heavy atom. The molecule has 29 heavy (non-hydrogen) atoms. The lowest BCUT2D eigenvalue weighted by Crippen LogP contribution is -2.19. The number of thiocarbonyl (C=S) groups is 1. The highest BCUT2D eigenvalue weighted by atomic mass is 35.5. The molecule has 3 rings (SSSR count). The molecule has 9 heteroatoms. The SMILES string of the molecule is COc1cc([N+](=O)[O-])ccc1NC(=S)Nc1ccccc1Sc1ccc(Cl)cc1. The van der Waals surface area contributed by atoms with Crippen molar-refractivity contribution in [1.82, 2.24) is 0 Å². The molecule has 0 unspecified atom stereocenters. The van der Waals surface area contributed by atoms with Crippen molar-refractivity contribution in [3.8, 4) is 5.75 Å². The van der Waals surface area contributed by atoms with E-state index in [-0.39, 0.29) is 5.69 Å². The number of nitrogens with zero attached hydrogens (tertiary/aromatic N) is 1. The fourth-order valence-electron chi connectivity index (χ4n) is 2.46. The van der Waals surface area contributed by atoms with E-state index >= 15 is 0 Å². The smallest absolute Gasteiger partial charge is 0.273 e. The minimum atomic E-state index is -0.479. The van der Waals surface area contributed by atoms with E-state index in [1.54, 1.807) is 17.8 Å². The third kappa shape index (κ3) is 5.60. The Balaban J connectivity index is 1.74. The van der Waals surface area contributed by atoms with Crippen LogP contribution in [0.5, 0.6) is 5.75 Å². The van der Waals surface area contributed by atoms with Gasteiger partial charge < -0.3 is 15.4 Å². The van der Waals surface area contributed by atoms with Gasteiger partial charge in [-0.25, -0.2) is 0 Å². The van der Waals surface area contributed by atoms with Gasteiger partial charge in [0.05, 0.1) is 29.5 Å². The van der Waals surface area contributed by atoms with Crippen molar-refractivity contribution in [2.45, 2.75) is 9.79 Å². The number of ether oxygens (including phenoxy) is 1. The summed E-state index contributed by atoms with van der Waals surface area (Å²) in [4.78, 5) is 12.5. The van der Waals surface area contributed by atoms with Gasteiger partial charge in [0.25, 0.3) is 5.69 Å². The highest BCUT2D eigenvalue weighted by Crippen LogP contribution is 2.34. The Bertz CT molecular complexity index is 1050. The Kier molecular flexibility index (Phi) is 6.92. The summed E-state index contributed by atoms with van der Waals surface area (Å²) in [5.41, 5.74) is 1.29. The van der Waals surface area contributed by atoms with Crippen molar-refractivity contribution in [1.29, 1.82) is 0 Å².